The Morgan fingerprint density at radius 3 is 2.71 bits per heavy atom. The second-order valence-corrected chi connectivity index (χ2v) is 10.6. The number of hydrogen-bond acceptors (Lipinski definition) is 3. The maximum Gasteiger partial charge on any atom is 0.228 e. The maximum absolute atomic E-state index is 13.2. The Kier molecular flexibility index (Phi) is 7.02. The minimum atomic E-state index is -0.0346. The molecule has 1 fully saturated rings. The molecule has 1 aliphatic heterocycles. The molecule has 35 heavy (non-hydrogen) atoms. The van der Waals surface area contributed by atoms with Crippen LogP contribution in [-0.4, -0.2) is 33.4 Å². The van der Waals surface area contributed by atoms with Crippen LogP contribution in [0.15, 0.2) is 77.3 Å². The SMILES string of the molecule is CC(C)c1ccccc1NC(=O)[C@@H]1CCCN(Cc2nc3ccccc3n2-c2cccc(Br)c2)C1. The first-order valence-electron chi connectivity index (χ1n) is 12.3. The topological polar surface area (TPSA) is 50.2 Å². The van der Waals surface area contributed by atoms with Crippen molar-refractivity contribution < 1.29 is 4.79 Å². The monoisotopic (exact) mass is 530 g/mol. The van der Waals surface area contributed by atoms with Crippen LogP contribution < -0.4 is 5.32 Å². The molecule has 0 unspecified atom stereocenters. The third-order valence-corrected chi connectivity index (χ3v) is 7.27. The number of benzene rings is 3. The van der Waals surface area contributed by atoms with Crippen molar-refractivity contribution in [1.29, 1.82) is 0 Å². The highest BCUT2D eigenvalue weighted by Gasteiger charge is 2.27. The van der Waals surface area contributed by atoms with Crippen molar-refractivity contribution in [2.75, 3.05) is 18.4 Å². The Bertz CT molecular complexity index is 1350. The molecule has 2 heterocycles. The van der Waals surface area contributed by atoms with E-state index >= 15 is 0 Å². The number of fused-ring (bicyclic) bond motifs is 1. The fourth-order valence-corrected chi connectivity index (χ4v) is 5.43. The summed E-state index contributed by atoms with van der Waals surface area (Å²) in [5, 5.41) is 3.22. The van der Waals surface area contributed by atoms with Crippen LogP contribution in [0.2, 0.25) is 0 Å². The number of anilines is 1. The minimum Gasteiger partial charge on any atom is -0.326 e. The minimum absolute atomic E-state index is 0.0346. The third-order valence-electron chi connectivity index (χ3n) is 6.78. The third kappa shape index (κ3) is 5.19. The second-order valence-electron chi connectivity index (χ2n) is 9.64. The molecule has 1 saturated heterocycles. The predicted molar refractivity (Wildman–Crippen MR) is 146 cm³/mol. The molecule has 180 valence electrons. The maximum atomic E-state index is 13.2. The molecular formula is C29H31BrN4O. The Balaban J connectivity index is 1.37. The molecule has 5 nitrogen and oxygen atoms in total. The molecule has 0 radical (unpaired) electrons. The van der Waals surface area contributed by atoms with Crippen LogP contribution in [0, 0.1) is 5.92 Å². The van der Waals surface area contributed by atoms with Crippen molar-refractivity contribution in [3.8, 4) is 5.69 Å². The number of nitrogens with one attached hydrogen (secondary N) is 1. The Morgan fingerprint density at radius 2 is 1.89 bits per heavy atom. The van der Waals surface area contributed by atoms with Gasteiger partial charge in [-0.05, 0) is 67.3 Å². The van der Waals surface area contributed by atoms with Crippen molar-refractivity contribution in [1.82, 2.24) is 14.5 Å². The number of para-hydroxylation sites is 3. The predicted octanol–water partition coefficient (Wildman–Crippen LogP) is 6.76. The number of nitrogens with zero attached hydrogens (tertiary/aromatic N) is 3. The van der Waals surface area contributed by atoms with E-state index in [-0.39, 0.29) is 11.8 Å². The summed E-state index contributed by atoms with van der Waals surface area (Å²) in [5.74, 6) is 1.44. The molecule has 0 aliphatic carbocycles. The van der Waals surface area contributed by atoms with E-state index < -0.39 is 0 Å². The average Bonchev–Trinajstić information content (AvgIpc) is 3.22. The first kappa shape index (κ1) is 23.8. The largest absolute Gasteiger partial charge is 0.326 e. The van der Waals surface area contributed by atoms with Crippen LogP contribution in [0.5, 0.6) is 0 Å². The van der Waals surface area contributed by atoms with Gasteiger partial charge in [0.25, 0.3) is 0 Å². The highest BCUT2D eigenvalue weighted by Crippen LogP contribution is 2.28. The van der Waals surface area contributed by atoms with Gasteiger partial charge < -0.3 is 5.32 Å². The Labute approximate surface area is 215 Å². The number of piperidine rings is 1. The average molecular weight is 531 g/mol. The normalized spacial score (nSPS) is 16.6. The zero-order valence-corrected chi connectivity index (χ0v) is 21.8. The van der Waals surface area contributed by atoms with E-state index in [1.165, 1.54) is 5.56 Å². The number of aromatic nitrogens is 2. The van der Waals surface area contributed by atoms with Crippen molar-refractivity contribution >= 4 is 38.6 Å². The molecule has 1 amide bonds. The number of carbonyl (C=O) groups excluding carboxylic acids is 1. The van der Waals surface area contributed by atoms with E-state index in [2.05, 4.69) is 81.0 Å². The zero-order chi connectivity index (χ0) is 24.4. The lowest BCUT2D eigenvalue weighted by Crippen LogP contribution is -2.40. The first-order valence-corrected chi connectivity index (χ1v) is 13.1. The lowest BCUT2D eigenvalue weighted by atomic mass is 9.96. The first-order chi connectivity index (χ1) is 17.0. The van der Waals surface area contributed by atoms with E-state index in [1.54, 1.807) is 0 Å². The number of imidazole rings is 1. The van der Waals surface area contributed by atoms with E-state index in [0.29, 0.717) is 12.5 Å². The summed E-state index contributed by atoms with van der Waals surface area (Å²) in [4.78, 5) is 20.6. The van der Waals surface area contributed by atoms with Gasteiger partial charge in [0.15, 0.2) is 0 Å². The number of likely N-dealkylation sites (tertiary alicyclic amines) is 1. The van der Waals surface area contributed by atoms with Gasteiger partial charge in [0.1, 0.15) is 5.82 Å². The number of hydrogen-bond donors (Lipinski definition) is 1. The van der Waals surface area contributed by atoms with Crippen molar-refractivity contribution in [3.05, 3.63) is 88.7 Å². The molecule has 1 atom stereocenters. The van der Waals surface area contributed by atoms with E-state index in [1.807, 2.05) is 36.4 Å². The molecule has 0 bridgehead atoms. The van der Waals surface area contributed by atoms with Gasteiger partial charge in [-0.3, -0.25) is 14.3 Å². The van der Waals surface area contributed by atoms with Crippen LogP contribution in [-0.2, 0) is 11.3 Å². The number of rotatable bonds is 6. The second kappa shape index (κ2) is 10.3. The van der Waals surface area contributed by atoms with Crippen molar-refractivity contribution in [2.45, 2.75) is 39.2 Å². The van der Waals surface area contributed by atoms with Gasteiger partial charge in [0.2, 0.25) is 5.91 Å². The molecule has 0 saturated carbocycles. The van der Waals surface area contributed by atoms with Gasteiger partial charge in [-0.15, -0.1) is 0 Å². The summed E-state index contributed by atoms with van der Waals surface area (Å²) >= 11 is 3.61. The molecule has 3 aromatic carbocycles. The molecule has 5 rings (SSSR count). The quantitative estimate of drug-likeness (QED) is 0.299. The summed E-state index contributed by atoms with van der Waals surface area (Å²) in [6.07, 6.45) is 1.91. The highest BCUT2D eigenvalue weighted by molar-refractivity contribution is 9.10. The van der Waals surface area contributed by atoms with Gasteiger partial charge in [-0.25, -0.2) is 4.98 Å². The standard InChI is InChI=1S/C29H31BrN4O/c1-20(2)24-12-3-4-13-25(24)32-29(35)21-9-8-16-33(18-21)19-28-31-26-14-5-6-15-27(26)34(28)23-11-7-10-22(30)17-23/h3-7,10-15,17,20-21H,8-9,16,18-19H2,1-2H3,(H,32,35)/t21-/m1/s1. The van der Waals surface area contributed by atoms with Crippen molar-refractivity contribution in [3.63, 3.8) is 0 Å². The van der Waals surface area contributed by atoms with Gasteiger partial charge in [0, 0.05) is 22.4 Å². The van der Waals surface area contributed by atoms with Gasteiger partial charge >= 0.3 is 0 Å². The fraction of sp³-hybridized carbons (Fsp3) is 0.310. The summed E-state index contributed by atoms with van der Waals surface area (Å²) in [5.41, 5.74) is 5.27. The summed E-state index contributed by atoms with van der Waals surface area (Å²) in [6.45, 7) is 6.72. The van der Waals surface area contributed by atoms with Crippen LogP contribution in [0.3, 0.4) is 0 Å². The van der Waals surface area contributed by atoms with Gasteiger partial charge in [-0.2, -0.15) is 0 Å². The molecule has 1 aliphatic rings. The summed E-state index contributed by atoms with van der Waals surface area (Å²) < 4.78 is 3.28. The molecule has 6 heteroatoms. The van der Waals surface area contributed by atoms with Crippen LogP contribution in [0.1, 0.15) is 44.0 Å². The van der Waals surface area contributed by atoms with E-state index in [4.69, 9.17) is 4.98 Å². The lowest BCUT2D eigenvalue weighted by molar-refractivity contribution is -0.121. The molecule has 4 aromatic rings. The summed E-state index contributed by atoms with van der Waals surface area (Å²) in [6, 6.07) is 24.7. The van der Waals surface area contributed by atoms with E-state index in [0.717, 1.165) is 58.6 Å². The highest BCUT2D eigenvalue weighted by atomic mass is 79.9. The Morgan fingerprint density at radius 1 is 1.09 bits per heavy atom. The van der Waals surface area contributed by atoms with Gasteiger partial charge in [0.05, 0.1) is 23.5 Å². The van der Waals surface area contributed by atoms with Crippen molar-refractivity contribution in [2.24, 2.45) is 5.92 Å². The molecule has 1 N–H and O–H groups in total. The van der Waals surface area contributed by atoms with Crippen LogP contribution >= 0.6 is 15.9 Å². The summed E-state index contributed by atoms with van der Waals surface area (Å²) in [7, 11) is 0. The zero-order valence-electron chi connectivity index (χ0n) is 20.2. The molecular weight excluding hydrogens is 500 g/mol. The lowest BCUT2D eigenvalue weighted by Gasteiger charge is -2.32. The number of halogens is 1. The van der Waals surface area contributed by atoms with Gasteiger partial charge in [-0.1, -0.05) is 66.2 Å². The number of amides is 1. The number of carbonyl (C=O) groups is 1. The smallest absolute Gasteiger partial charge is 0.228 e. The molecule has 1 aromatic heterocycles. The van der Waals surface area contributed by atoms with Crippen LogP contribution in [0.25, 0.3) is 16.7 Å². The van der Waals surface area contributed by atoms with E-state index in [9.17, 15) is 4.79 Å². The Hall–Kier alpha value is -2.96. The molecule has 0 spiro atoms. The van der Waals surface area contributed by atoms with Crippen LogP contribution in [0.4, 0.5) is 5.69 Å². The fourth-order valence-electron chi connectivity index (χ4n) is 5.05.